The van der Waals surface area contributed by atoms with Crippen LogP contribution in [0.5, 0.6) is 0 Å². The van der Waals surface area contributed by atoms with Gasteiger partial charge in [0.1, 0.15) is 5.82 Å². The summed E-state index contributed by atoms with van der Waals surface area (Å²) >= 11 is 0. The topological polar surface area (TPSA) is 65.4 Å². The average molecular weight is 383 g/mol. The summed E-state index contributed by atoms with van der Waals surface area (Å²) in [5.74, 6) is 1.18. The van der Waals surface area contributed by atoms with Crippen molar-refractivity contribution in [3.8, 4) is 5.69 Å². The van der Waals surface area contributed by atoms with E-state index >= 15 is 0 Å². The maximum absolute atomic E-state index is 12.5. The van der Waals surface area contributed by atoms with Gasteiger partial charge in [-0.25, -0.2) is 4.68 Å². The fourth-order valence-electron chi connectivity index (χ4n) is 4.04. The van der Waals surface area contributed by atoms with E-state index in [1.807, 2.05) is 41.1 Å². The second kappa shape index (κ2) is 9.34. The Hall–Kier alpha value is -2.18. The van der Waals surface area contributed by atoms with Crippen LogP contribution >= 0.6 is 0 Å². The molecule has 2 aromatic rings. The highest BCUT2D eigenvalue weighted by molar-refractivity contribution is 5.90. The molecule has 28 heavy (non-hydrogen) atoms. The Morgan fingerprint density at radius 3 is 2.75 bits per heavy atom. The van der Waals surface area contributed by atoms with Crippen molar-refractivity contribution in [1.82, 2.24) is 9.78 Å². The zero-order valence-corrected chi connectivity index (χ0v) is 16.3. The first kappa shape index (κ1) is 19.2. The number of anilines is 1. The first-order valence-electron chi connectivity index (χ1n) is 10.4. The number of hydrogen-bond acceptors (Lipinski definition) is 4. The Labute approximate surface area is 166 Å². The van der Waals surface area contributed by atoms with Gasteiger partial charge >= 0.3 is 0 Å². The molecule has 1 aliphatic carbocycles. The Morgan fingerprint density at radius 1 is 1.18 bits per heavy atom. The summed E-state index contributed by atoms with van der Waals surface area (Å²) in [5.41, 5.74) is 2.03. The van der Waals surface area contributed by atoms with Crippen LogP contribution in [0, 0.1) is 0 Å². The maximum Gasteiger partial charge on any atom is 0.227 e. The van der Waals surface area contributed by atoms with E-state index in [1.54, 1.807) is 0 Å². The summed E-state index contributed by atoms with van der Waals surface area (Å²) in [6, 6.07) is 12.0. The van der Waals surface area contributed by atoms with E-state index in [9.17, 15) is 4.79 Å². The molecule has 1 saturated heterocycles. The molecule has 1 aromatic heterocycles. The number of carbonyl (C=O) groups excluding carboxylic acids is 1. The smallest absolute Gasteiger partial charge is 0.227 e. The lowest BCUT2D eigenvalue weighted by Crippen LogP contribution is -2.19. The van der Waals surface area contributed by atoms with E-state index in [0.717, 1.165) is 36.6 Å². The fraction of sp³-hybridized carbons (Fsp3) is 0.545. The lowest BCUT2D eigenvalue weighted by Gasteiger charge is -2.11. The molecule has 2 aliphatic rings. The van der Waals surface area contributed by atoms with Crippen LogP contribution in [0.25, 0.3) is 5.69 Å². The molecular weight excluding hydrogens is 354 g/mol. The molecule has 1 aliphatic heterocycles. The highest BCUT2D eigenvalue weighted by Gasteiger charge is 2.22. The lowest BCUT2D eigenvalue weighted by atomic mass is 10.0. The monoisotopic (exact) mass is 383 g/mol. The van der Waals surface area contributed by atoms with Crippen molar-refractivity contribution in [1.29, 1.82) is 0 Å². The van der Waals surface area contributed by atoms with Gasteiger partial charge < -0.3 is 14.8 Å². The summed E-state index contributed by atoms with van der Waals surface area (Å²) < 4.78 is 13.0. The number of benzene rings is 1. The van der Waals surface area contributed by atoms with Crippen molar-refractivity contribution < 1.29 is 14.3 Å². The van der Waals surface area contributed by atoms with Gasteiger partial charge in [0.2, 0.25) is 5.91 Å². The van der Waals surface area contributed by atoms with E-state index in [2.05, 4.69) is 5.32 Å². The van der Waals surface area contributed by atoms with Crippen LogP contribution < -0.4 is 5.32 Å². The molecule has 2 heterocycles. The highest BCUT2D eigenvalue weighted by atomic mass is 16.5. The Bertz CT molecular complexity index is 763. The number of ether oxygens (including phenoxy) is 2. The van der Waals surface area contributed by atoms with Gasteiger partial charge in [-0.2, -0.15) is 5.10 Å². The minimum Gasteiger partial charge on any atom is -0.378 e. The third kappa shape index (κ3) is 4.80. The Morgan fingerprint density at radius 2 is 2.00 bits per heavy atom. The number of amides is 1. The predicted octanol–water partition coefficient (Wildman–Crippen LogP) is 4.05. The molecule has 6 nitrogen and oxygen atoms in total. The van der Waals surface area contributed by atoms with Gasteiger partial charge in [0, 0.05) is 18.6 Å². The number of carbonyl (C=O) groups is 1. The third-order valence-electron chi connectivity index (χ3n) is 5.57. The first-order valence-corrected chi connectivity index (χ1v) is 10.4. The minimum absolute atomic E-state index is 0.0533. The van der Waals surface area contributed by atoms with Crippen LogP contribution in [0.3, 0.4) is 0 Å². The Balaban J connectivity index is 1.38. The van der Waals surface area contributed by atoms with Crippen molar-refractivity contribution in [3.63, 3.8) is 0 Å². The lowest BCUT2D eigenvalue weighted by molar-refractivity contribution is -0.117. The van der Waals surface area contributed by atoms with Gasteiger partial charge in [0.15, 0.2) is 0 Å². The number of para-hydroxylation sites is 1. The van der Waals surface area contributed by atoms with E-state index in [-0.39, 0.29) is 12.0 Å². The number of nitrogens with one attached hydrogen (secondary N) is 1. The minimum atomic E-state index is -0.0533. The van der Waals surface area contributed by atoms with E-state index in [1.165, 1.54) is 25.7 Å². The molecule has 150 valence electrons. The van der Waals surface area contributed by atoms with Gasteiger partial charge in [0.25, 0.3) is 0 Å². The molecule has 0 spiro atoms. The van der Waals surface area contributed by atoms with Crippen molar-refractivity contribution in [2.24, 2.45) is 0 Å². The van der Waals surface area contributed by atoms with Gasteiger partial charge in [-0.15, -0.1) is 0 Å². The SMILES string of the molecule is O=C(CCOCC1CCCO1)Nc1cc(C2CCCC2)nn1-c1ccccc1. The predicted molar refractivity (Wildman–Crippen MR) is 108 cm³/mol. The molecule has 1 amide bonds. The zero-order chi connectivity index (χ0) is 19.2. The fourth-order valence-corrected chi connectivity index (χ4v) is 4.04. The molecule has 1 aromatic carbocycles. The summed E-state index contributed by atoms with van der Waals surface area (Å²) in [5, 5.41) is 7.85. The largest absolute Gasteiger partial charge is 0.378 e. The third-order valence-corrected chi connectivity index (χ3v) is 5.57. The molecule has 4 rings (SSSR count). The molecule has 1 N–H and O–H groups in total. The molecule has 1 saturated carbocycles. The summed E-state index contributed by atoms with van der Waals surface area (Å²) in [6.45, 7) is 1.79. The second-order valence-corrected chi connectivity index (χ2v) is 7.69. The molecular formula is C22H29N3O3. The summed E-state index contributed by atoms with van der Waals surface area (Å²) in [6.07, 6.45) is 7.53. The maximum atomic E-state index is 12.5. The molecule has 0 bridgehead atoms. The van der Waals surface area contributed by atoms with Crippen molar-refractivity contribution in [2.45, 2.75) is 57.0 Å². The van der Waals surface area contributed by atoms with Crippen molar-refractivity contribution >= 4 is 11.7 Å². The summed E-state index contributed by atoms with van der Waals surface area (Å²) in [7, 11) is 0. The van der Waals surface area contributed by atoms with Crippen molar-refractivity contribution in [3.05, 3.63) is 42.1 Å². The van der Waals surface area contributed by atoms with Crippen LogP contribution in [0.1, 0.15) is 56.6 Å². The van der Waals surface area contributed by atoms with Gasteiger partial charge in [-0.05, 0) is 37.8 Å². The van der Waals surface area contributed by atoms with Crippen LogP contribution in [0.15, 0.2) is 36.4 Å². The molecule has 0 radical (unpaired) electrons. The second-order valence-electron chi connectivity index (χ2n) is 7.69. The highest BCUT2D eigenvalue weighted by Crippen LogP contribution is 2.35. The summed E-state index contributed by atoms with van der Waals surface area (Å²) in [4.78, 5) is 12.5. The Kier molecular flexibility index (Phi) is 6.39. The quantitative estimate of drug-likeness (QED) is 0.699. The number of hydrogen-bond donors (Lipinski definition) is 1. The van der Waals surface area contributed by atoms with E-state index < -0.39 is 0 Å². The van der Waals surface area contributed by atoms with E-state index in [0.29, 0.717) is 25.6 Å². The molecule has 2 fully saturated rings. The van der Waals surface area contributed by atoms with E-state index in [4.69, 9.17) is 14.6 Å². The molecule has 6 heteroatoms. The van der Waals surface area contributed by atoms with Gasteiger partial charge in [0.05, 0.1) is 37.1 Å². The average Bonchev–Trinajstić information content (AvgIpc) is 3.47. The normalized spacial score (nSPS) is 19.9. The van der Waals surface area contributed by atoms with Crippen LogP contribution in [-0.2, 0) is 14.3 Å². The molecule has 1 atom stereocenters. The van der Waals surface area contributed by atoms with Gasteiger partial charge in [-0.1, -0.05) is 31.0 Å². The van der Waals surface area contributed by atoms with Gasteiger partial charge in [-0.3, -0.25) is 4.79 Å². The van der Waals surface area contributed by atoms with Crippen LogP contribution in [0.4, 0.5) is 5.82 Å². The number of rotatable bonds is 8. The standard InChI is InChI=1S/C22H29N3O3/c26-22(12-14-27-16-19-11-6-13-28-19)23-21-15-20(17-7-4-5-8-17)24-25(21)18-9-2-1-3-10-18/h1-3,9-10,15,17,19H,4-8,11-14,16H2,(H,23,26). The van der Waals surface area contributed by atoms with Crippen LogP contribution in [-0.4, -0.2) is 41.6 Å². The number of nitrogens with zero attached hydrogens (tertiary/aromatic N) is 2. The van der Waals surface area contributed by atoms with Crippen LogP contribution in [0.2, 0.25) is 0 Å². The number of aromatic nitrogens is 2. The van der Waals surface area contributed by atoms with Crippen molar-refractivity contribution in [2.75, 3.05) is 25.1 Å². The molecule has 1 unspecified atom stereocenters. The first-order chi connectivity index (χ1) is 13.8. The zero-order valence-electron chi connectivity index (χ0n) is 16.3.